The molecule has 0 bridgehead atoms. The van der Waals surface area contributed by atoms with Crippen LogP contribution in [0.15, 0.2) is 30.3 Å². The molecule has 1 aromatic heterocycles. The number of aromatic nitrogens is 1. The third-order valence-electron chi connectivity index (χ3n) is 2.52. The van der Waals surface area contributed by atoms with Crippen molar-refractivity contribution >= 4 is 28.3 Å². The number of benzene rings is 1. The van der Waals surface area contributed by atoms with Crippen molar-refractivity contribution in [3.05, 3.63) is 41.2 Å². The van der Waals surface area contributed by atoms with Crippen molar-refractivity contribution in [1.82, 2.24) is 4.98 Å². The van der Waals surface area contributed by atoms with Gasteiger partial charge in [-0.25, -0.2) is 4.98 Å². The summed E-state index contributed by atoms with van der Waals surface area (Å²) in [5.41, 5.74) is 0.156. The minimum absolute atomic E-state index is 0.123. The van der Waals surface area contributed by atoms with Gasteiger partial charge in [-0.3, -0.25) is 4.79 Å². The zero-order valence-electron chi connectivity index (χ0n) is 11.2. The fraction of sp³-hybridized carbons (Fsp3) is 0.333. The van der Waals surface area contributed by atoms with Crippen molar-refractivity contribution in [3.8, 4) is 0 Å². The predicted molar refractivity (Wildman–Crippen MR) is 76.3 cm³/mol. The van der Waals surface area contributed by atoms with Gasteiger partial charge >= 0.3 is 5.97 Å². The lowest BCUT2D eigenvalue weighted by Gasteiger charge is -2.19. The molecule has 0 amide bonds. The molecule has 2 rings (SSSR count). The van der Waals surface area contributed by atoms with Crippen molar-refractivity contribution in [2.75, 3.05) is 0 Å². The summed E-state index contributed by atoms with van der Waals surface area (Å²) < 4.78 is 5.31. The van der Waals surface area contributed by atoms with Crippen LogP contribution in [0.5, 0.6) is 0 Å². The highest BCUT2D eigenvalue weighted by molar-refractivity contribution is 6.30. The van der Waals surface area contributed by atoms with Crippen LogP contribution in [0.3, 0.4) is 0 Å². The first-order valence-corrected chi connectivity index (χ1v) is 6.49. The Hall–Kier alpha value is -1.61. The number of hydrogen-bond acceptors (Lipinski definition) is 3. The minimum atomic E-state index is -0.495. The largest absolute Gasteiger partial charge is 0.460 e. The molecule has 0 unspecified atom stereocenters. The van der Waals surface area contributed by atoms with Crippen molar-refractivity contribution in [2.45, 2.75) is 32.8 Å². The lowest BCUT2D eigenvalue weighted by molar-refractivity contribution is -0.153. The molecule has 0 saturated carbocycles. The van der Waals surface area contributed by atoms with Crippen molar-refractivity contribution in [2.24, 2.45) is 0 Å². The van der Waals surface area contributed by atoms with Gasteiger partial charge in [0.05, 0.1) is 12.1 Å². The average Bonchev–Trinajstić information content (AvgIpc) is 2.25. The van der Waals surface area contributed by atoms with Gasteiger partial charge in [-0.15, -0.1) is 0 Å². The van der Waals surface area contributed by atoms with Crippen molar-refractivity contribution < 1.29 is 9.53 Å². The molecule has 0 aliphatic carbocycles. The first kappa shape index (κ1) is 13.8. The number of halogens is 1. The van der Waals surface area contributed by atoms with E-state index >= 15 is 0 Å². The summed E-state index contributed by atoms with van der Waals surface area (Å²) >= 11 is 5.98. The number of esters is 1. The molecular formula is C15H16ClNO2. The highest BCUT2D eigenvalue weighted by Gasteiger charge is 2.18. The summed E-state index contributed by atoms with van der Waals surface area (Å²) in [5.74, 6) is -0.299. The second kappa shape index (κ2) is 5.17. The lowest BCUT2D eigenvalue weighted by Crippen LogP contribution is -2.25. The van der Waals surface area contributed by atoms with E-state index in [0.717, 1.165) is 10.8 Å². The normalized spacial score (nSPS) is 11.6. The van der Waals surface area contributed by atoms with Crippen LogP contribution in [0, 0.1) is 0 Å². The van der Waals surface area contributed by atoms with Crippen LogP contribution in [0.25, 0.3) is 10.8 Å². The molecule has 0 aliphatic heterocycles. The fourth-order valence-electron chi connectivity index (χ4n) is 1.88. The standard InChI is InChI=1S/C15H16ClNO2/c1-15(2,3)19-14(18)9-12-11-7-5-4-6-10(11)8-13(16)17-12/h4-8H,9H2,1-3H3. The van der Waals surface area contributed by atoms with Crippen LogP contribution in [-0.4, -0.2) is 16.6 Å². The van der Waals surface area contributed by atoms with E-state index in [-0.39, 0.29) is 12.4 Å². The van der Waals surface area contributed by atoms with E-state index in [0.29, 0.717) is 10.8 Å². The maximum absolute atomic E-state index is 11.9. The predicted octanol–water partition coefficient (Wildman–Crippen LogP) is 3.77. The molecule has 0 atom stereocenters. The molecule has 2 aromatic rings. The summed E-state index contributed by atoms with van der Waals surface area (Å²) in [4.78, 5) is 16.1. The number of nitrogens with zero attached hydrogens (tertiary/aromatic N) is 1. The van der Waals surface area contributed by atoms with E-state index in [1.54, 1.807) is 6.07 Å². The number of carbonyl (C=O) groups is 1. The van der Waals surface area contributed by atoms with Crippen molar-refractivity contribution in [3.63, 3.8) is 0 Å². The number of carbonyl (C=O) groups excluding carboxylic acids is 1. The molecule has 0 radical (unpaired) electrons. The summed E-state index contributed by atoms with van der Waals surface area (Å²) in [6.07, 6.45) is 0.123. The Morgan fingerprint density at radius 1 is 1.32 bits per heavy atom. The molecule has 0 spiro atoms. The molecule has 1 heterocycles. The number of pyridine rings is 1. The summed E-state index contributed by atoms with van der Waals surface area (Å²) in [5, 5.41) is 2.29. The monoisotopic (exact) mass is 277 g/mol. The van der Waals surface area contributed by atoms with Gasteiger partial charge in [-0.1, -0.05) is 35.9 Å². The average molecular weight is 278 g/mol. The van der Waals surface area contributed by atoms with Crippen LogP contribution in [0.1, 0.15) is 26.5 Å². The van der Waals surface area contributed by atoms with Gasteiger partial charge in [-0.05, 0) is 32.2 Å². The zero-order valence-corrected chi connectivity index (χ0v) is 12.0. The highest BCUT2D eigenvalue weighted by Crippen LogP contribution is 2.22. The number of hydrogen-bond donors (Lipinski definition) is 0. The Kier molecular flexibility index (Phi) is 3.76. The Morgan fingerprint density at radius 3 is 2.68 bits per heavy atom. The summed E-state index contributed by atoms with van der Waals surface area (Å²) in [6, 6.07) is 9.50. The molecule has 1 aromatic carbocycles. The van der Waals surface area contributed by atoms with Gasteiger partial charge < -0.3 is 4.74 Å². The number of ether oxygens (including phenoxy) is 1. The quantitative estimate of drug-likeness (QED) is 0.619. The van der Waals surface area contributed by atoms with E-state index < -0.39 is 5.60 Å². The van der Waals surface area contributed by atoms with Crippen LogP contribution < -0.4 is 0 Å². The SMILES string of the molecule is CC(C)(C)OC(=O)Cc1nc(Cl)cc2ccccc12. The Balaban J connectivity index is 2.32. The third-order valence-corrected chi connectivity index (χ3v) is 2.71. The van der Waals surface area contributed by atoms with Gasteiger partial charge in [0, 0.05) is 5.39 Å². The lowest BCUT2D eigenvalue weighted by atomic mass is 10.1. The van der Waals surface area contributed by atoms with Crippen LogP contribution in [0.2, 0.25) is 5.15 Å². The maximum Gasteiger partial charge on any atom is 0.312 e. The van der Waals surface area contributed by atoms with E-state index in [4.69, 9.17) is 16.3 Å². The zero-order chi connectivity index (χ0) is 14.0. The van der Waals surface area contributed by atoms with Gasteiger partial charge in [0.25, 0.3) is 0 Å². The third kappa shape index (κ3) is 3.67. The Labute approximate surface area is 117 Å². The first-order chi connectivity index (χ1) is 8.85. The van der Waals surface area contributed by atoms with Gasteiger partial charge in [0.15, 0.2) is 0 Å². The fourth-order valence-corrected chi connectivity index (χ4v) is 2.10. The molecule has 4 heteroatoms. The number of rotatable bonds is 2. The molecule has 3 nitrogen and oxygen atoms in total. The molecule has 0 fully saturated rings. The second-order valence-electron chi connectivity index (χ2n) is 5.38. The Morgan fingerprint density at radius 2 is 2.00 bits per heavy atom. The minimum Gasteiger partial charge on any atom is -0.460 e. The highest BCUT2D eigenvalue weighted by atomic mass is 35.5. The van der Waals surface area contributed by atoms with Crippen molar-refractivity contribution in [1.29, 1.82) is 0 Å². The van der Waals surface area contributed by atoms with E-state index in [1.165, 1.54) is 0 Å². The smallest absolute Gasteiger partial charge is 0.312 e. The molecule has 19 heavy (non-hydrogen) atoms. The molecule has 100 valence electrons. The maximum atomic E-state index is 11.9. The van der Waals surface area contributed by atoms with E-state index in [2.05, 4.69) is 4.98 Å². The summed E-state index contributed by atoms with van der Waals surface area (Å²) in [7, 11) is 0. The van der Waals surface area contributed by atoms with Crippen LogP contribution >= 0.6 is 11.6 Å². The van der Waals surface area contributed by atoms with Gasteiger partial charge in [-0.2, -0.15) is 0 Å². The summed E-state index contributed by atoms with van der Waals surface area (Å²) in [6.45, 7) is 5.53. The molecule has 0 aliphatic rings. The van der Waals surface area contributed by atoms with Gasteiger partial charge in [0.2, 0.25) is 0 Å². The van der Waals surface area contributed by atoms with Gasteiger partial charge in [0.1, 0.15) is 10.8 Å². The molecule has 0 saturated heterocycles. The molecular weight excluding hydrogens is 262 g/mol. The Bertz CT molecular complexity index is 617. The first-order valence-electron chi connectivity index (χ1n) is 6.11. The number of fused-ring (bicyclic) bond motifs is 1. The topological polar surface area (TPSA) is 39.2 Å². The molecule has 0 N–H and O–H groups in total. The van der Waals surface area contributed by atoms with Crippen LogP contribution in [0.4, 0.5) is 0 Å². The second-order valence-corrected chi connectivity index (χ2v) is 5.76. The van der Waals surface area contributed by atoms with E-state index in [9.17, 15) is 4.79 Å². The van der Waals surface area contributed by atoms with E-state index in [1.807, 2.05) is 45.0 Å². The van der Waals surface area contributed by atoms with Crippen LogP contribution in [-0.2, 0) is 16.0 Å².